The molecule has 2 rings (SSSR count). The summed E-state index contributed by atoms with van der Waals surface area (Å²) in [5.41, 5.74) is 7.48. The van der Waals surface area contributed by atoms with Gasteiger partial charge in [-0.1, -0.05) is 15.9 Å². The van der Waals surface area contributed by atoms with Gasteiger partial charge in [-0.15, -0.1) is 0 Å². The van der Waals surface area contributed by atoms with Gasteiger partial charge in [0, 0.05) is 5.69 Å². The summed E-state index contributed by atoms with van der Waals surface area (Å²) in [7, 11) is 0. The van der Waals surface area contributed by atoms with Gasteiger partial charge in [0.2, 0.25) is 0 Å². The van der Waals surface area contributed by atoms with E-state index in [0.717, 1.165) is 5.69 Å². The van der Waals surface area contributed by atoms with Crippen molar-refractivity contribution in [2.45, 2.75) is 31.1 Å². The molecule has 0 saturated carbocycles. The van der Waals surface area contributed by atoms with Crippen LogP contribution in [0.3, 0.4) is 0 Å². The number of allylic oxidation sites excluding steroid dienone is 3. The number of nitrogens with zero attached hydrogens (tertiary/aromatic N) is 1. The lowest BCUT2D eigenvalue weighted by Gasteiger charge is -2.36. The first-order valence-electron chi connectivity index (χ1n) is 5.66. The van der Waals surface area contributed by atoms with E-state index in [4.69, 9.17) is 5.73 Å². The van der Waals surface area contributed by atoms with E-state index in [-0.39, 0.29) is 11.8 Å². The summed E-state index contributed by atoms with van der Waals surface area (Å²) in [6.07, 6.45) is 1.37. The predicted molar refractivity (Wildman–Crippen MR) is 74.5 cm³/mol. The van der Waals surface area contributed by atoms with Crippen LogP contribution in [0.4, 0.5) is 10.2 Å². The molecule has 3 nitrogen and oxygen atoms in total. The summed E-state index contributed by atoms with van der Waals surface area (Å²) >= 11 is 3.52. The molecule has 3 N–H and O–H groups in total. The van der Waals surface area contributed by atoms with Crippen LogP contribution in [0.2, 0.25) is 0 Å². The summed E-state index contributed by atoms with van der Waals surface area (Å²) in [4.78, 5) is 0. The van der Waals surface area contributed by atoms with E-state index < -0.39 is 10.2 Å². The van der Waals surface area contributed by atoms with Crippen LogP contribution in [-0.2, 0) is 0 Å². The van der Waals surface area contributed by atoms with Gasteiger partial charge in [0.1, 0.15) is 5.82 Å². The second kappa shape index (κ2) is 4.16. The highest BCUT2D eigenvalue weighted by molar-refractivity contribution is 9.10. The molecule has 18 heavy (non-hydrogen) atoms. The van der Waals surface area contributed by atoms with Crippen molar-refractivity contribution in [1.29, 1.82) is 0 Å². The van der Waals surface area contributed by atoms with E-state index >= 15 is 0 Å². The highest BCUT2D eigenvalue weighted by Crippen LogP contribution is 2.46. The van der Waals surface area contributed by atoms with Gasteiger partial charge in [-0.3, -0.25) is 0 Å². The van der Waals surface area contributed by atoms with Gasteiger partial charge in [0.05, 0.1) is 10.4 Å². The molecule has 0 spiro atoms. The zero-order valence-corrected chi connectivity index (χ0v) is 12.1. The van der Waals surface area contributed by atoms with E-state index in [1.165, 1.54) is 6.08 Å². The smallest absolute Gasteiger partial charge is 0.162 e. The fourth-order valence-electron chi connectivity index (χ4n) is 2.51. The Balaban J connectivity index is 2.64. The number of aliphatic hydroxyl groups excluding tert-OH is 1. The number of hydrogen-bond donors (Lipinski definition) is 2. The monoisotopic (exact) mass is 314 g/mol. The lowest BCUT2D eigenvalue weighted by Crippen LogP contribution is -2.34. The van der Waals surface area contributed by atoms with Crippen molar-refractivity contribution in [2.24, 2.45) is 0 Å². The summed E-state index contributed by atoms with van der Waals surface area (Å²) in [6, 6.07) is 3.45. The topological polar surface area (TPSA) is 51.2 Å². The van der Waals surface area contributed by atoms with Crippen LogP contribution in [0, 0.1) is 6.92 Å². The Bertz CT molecular complexity index is 538. The summed E-state index contributed by atoms with van der Waals surface area (Å²) in [5, 5.41) is 9.79. The number of hydrogen-bond acceptors (Lipinski definition) is 2. The number of nitrogens with two attached hydrogens (primary N) is 1. The first kappa shape index (κ1) is 13.2. The molecule has 1 aliphatic rings. The van der Waals surface area contributed by atoms with E-state index in [0.29, 0.717) is 11.4 Å². The van der Waals surface area contributed by atoms with Crippen molar-refractivity contribution in [3.63, 3.8) is 0 Å². The lowest BCUT2D eigenvalue weighted by atomic mass is 9.88. The van der Waals surface area contributed by atoms with Gasteiger partial charge in [-0.2, -0.15) is 0 Å². The minimum Gasteiger partial charge on any atom is -0.505 e. The van der Waals surface area contributed by atoms with Crippen LogP contribution in [-0.4, -0.2) is 14.0 Å². The molecule has 0 saturated heterocycles. The van der Waals surface area contributed by atoms with Crippen molar-refractivity contribution in [1.82, 2.24) is 4.57 Å². The maximum Gasteiger partial charge on any atom is 0.162 e. The van der Waals surface area contributed by atoms with Crippen molar-refractivity contribution in [3.8, 4) is 0 Å². The van der Waals surface area contributed by atoms with Crippen LogP contribution < -0.4 is 5.73 Å². The van der Waals surface area contributed by atoms with Crippen molar-refractivity contribution >= 4 is 21.7 Å². The Hall–Kier alpha value is -1.23. The summed E-state index contributed by atoms with van der Waals surface area (Å²) in [6.45, 7) is 5.50. The number of aryl methyl sites for hydroxylation is 1. The normalized spacial score (nSPS) is 28.5. The molecule has 0 bridgehead atoms. The molecule has 0 aliphatic heterocycles. The van der Waals surface area contributed by atoms with Gasteiger partial charge >= 0.3 is 0 Å². The van der Waals surface area contributed by atoms with Crippen LogP contribution in [0.5, 0.6) is 0 Å². The minimum atomic E-state index is -0.634. The Morgan fingerprint density at radius 1 is 1.44 bits per heavy atom. The third kappa shape index (κ3) is 1.86. The fraction of sp³-hybridized carbons (Fsp3) is 0.385. The first-order chi connectivity index (χ1) is 8.25. The molecule has 0 aromatic carbocycles. The number of aliphatic hydroxyl groups is 1. The van der Waals surface area contributed by atoms with Gasteiger partial charge in [0.15, 0.2) is 11.6 Å². The average Bonchev–Trinajstić information content (AvgIpc) is 2.57. The number of aromatic nitrogens is 1. The molecular weight excluding hydrogens is 299 g/mol. The number of anilines is 1. The number of nitrogen functional groups attached to an aromatic ring is 1. The molecule has 1 aliphatic carbocycles. The molecule has 2 unspecified atom stereocenters. The molecule has 1 aromatic rings. The van der Waals surface area contributed by atoms with Gasteiger partial charge in [-0.25, -0.2) is 4.39 Å². The fourth-order valence-corrected chi connectivity index (χ4v) is 3.25. The first-order valence-corrected chi connectivity index (χ1v) is 6.45. The largest absolute Gasteiger partial charge is 0.505 e. The highest BCUT2D eigenvalue weighted by atomic mass is 79.9. The number of rotatable bonds is 1. The number of alkyl halides is 1. The standard InChI is InChI=1S/C13H16BrFN2O/c1-7-4-5-10(16)17(7)12-8(2)11(18)9(15)6-13(12,3)14/h4-6,12,18H,16H2,1-3H3. The molecule has 0 fully saturated rings. The van der Waals surface area contributed by atoms with Crippen LogP contribution in [0.15, 0.2) is 35.4 Å². The number of halogens is 2. The molecule has 1 aromatic heterocycles. The third-order valence-electron chi connectivity index (χ3n) is 3.37. The highest BCUT2D eigenvalue weighted by Gasteiger charge is 2.39. The molecule has 0 amide bonds. The second-order valence-electron chi connectivity index (χ2n) is 4.85. The zero-order valence-electron chi connectivity index (χ0n) is 10.5. The second-order valence-corrected chi connectivity index (χ2v) is 6.56. The molecule has 5 heteroatoms. The molecule has 2 atom stereocenters. The Labute approximate surface area is 114 Å². The van der Waals surface area contributed by atoms with Crippen LogP contribution in [0.25, 0.3) is 0 Å². The van der Waals surface area contributed by atoms with Crippen molar-refractivity contribution in [2.75, 3.05) is 5.73 Å². The van der Waals surface area contributed by atoms with E-state index in [1.54, 1.807) is 13.0 Å². The SMILES string of the molecule is CC1=C(O)C(F)=CC(C)(Br)C1n1c(C)ccc1N. The van der Waals surface area contributed by atoms with Crippen LogP contribution >= 0.6 is 15.9 Å². The Kier molecular flexibility index (Phi) is 3.05. The van der Waals surface area contributed by atoms with Gasteiger partial charge in [-0.05, 0) is 44.6 Å². The van der Waals surface area contributed by atoms with Gasteiger partial charge < -0.3 is 15.4 Å². The molecular formula is C13H16BrFN2O. The Morgan fingerprint density at radius 2 is 2.06 bits per heavy atom. The molecule has 0 radical (unpaired) electrons. The van der Waals surface area contributed by atoms with Gasteiger partial charge in [0.25, 0.3) is 0 Å². The lowest BCUT2D eigenvalue weighted by molar-refractivity contribution is 0.348. The van der Waals surface area contributed by atoms with E-state index in [2.05, 4.69) is 15.9 Å². The van der Waals surface area contributed by atoms with Crippen molar-refractivity contribution < 1.29 is 9.50 Å². The maximum atomic E-state index is 13.6. The van der Waals surface area contributed by atoms with E-state index in [9.17, 15) is 9.50 Å². The predicted octanol–water partition coefficient (Wildman–Crippen LogP) is 3.77. The third-order valence-corrected chi connectivity index (χ3v) is 4.03. The quantitative estimate of drug-likeness (QED) is 0.775. The maximum absolute atomic E-state index is 13.6. The zero-order chi connectivity index (χ0) is 13.7. The summed E-state index contributed by atoms with van der Waals surface area (Å²) < 4.78 is 14.9. The Morgan fingerprint density at radius 3 is 2.56 bits per heavy atom. The van der Waals surface area contributed by atoms with Crippen LogP contribution in [0.1, 0.15) is 25.6 Å². The summed E-state index contributed by atoms with van der Waals surface area (Å²) in [5.74, 6) is -0.318. The molecule has 1 heterocycles. The van der Waals surface area contributed by atoms with E-state index in [1.807, 2.05) is 24.5 Å². The minimum absolute atomic E-state index is 0.257. The van der Waals surface area contributed by atoms with Crippen molar-refractivity contribution in [3.05, 3.63) is 41.1 Å². The molecule has 98 valence electrons. The average molecular weight is 315 g/mol.